The highest BCUT2D eigenvalue weighted by Gasteiger charge is 2.24. The summed E-state index contributed by atoms with van der Waals surface area (Å²) >= 11 is 7.21. The van der Waals surface area contributed by atoms with Gasteiger partial charge in [0.1, 0.15) is 10.8 Å². The standard InChI is InChI=1S/C20H15ClFNO5S/c21-16-17(28-10-15(24)25)19(20(26)27)29-18(16)12-2-1-3-14(8-12)23-9-11-4-6-13(22)7-5-11/h1-8,23H,9-10H2,(H,24,25)(H,26,27). The SMILES string of the molecule is O=C(O)COc1c(C(=O)O)sc(-c2cccc(NCc3ccc(F)cc3)c2)c1Cl. The maximum atomic E-state index is 13.0. The molecule has 0 radical (unpaired) electrons. The minimum Gasteiger partial charge on any atom is -0.479 e. The van der Waals surface area contributed by atoms with Gasteiger partial charge in [-0.2, -0.15) is 0 Å². The Morgan fingerprint density at radius 1 is 1.14 bits per heavy atom. The molecule has 1 heterocycles. The van der Waals surface area contributed by atoms with Gasteiger partial charge in [-0.1, -0.05) is 35.9 Å². The molecule has 0 amide bonds. The molecule has 1 aromatic heterocycles. The van der Waals surface area contributed by atoms with Gasteiger partial charge in [0.2, 0.25) is 0 Å². The van der Waals surface area contributed by atoms with E-state index in [1.165, 1.54) is 12.1 Å². The summed E-state index contributed by atoms with van der Waals surface area (Å²) < 4.78 is 18.1. The number of thiophene rings is 1. The summed E-state index contributed by atoms with van der Waals surface area (Å²) in [5, 5.41) is 21.4. The number of carbonyl (C=O) groups is 2. The van der Waals surface area contributed by atoms with E-state index in [1.54, 1.807) is 30.3 Å². The zero-order valence-electron chi connectivity index (χ0n) is 14.8. The molecule has 0 fully saturated rings. The van der Waals surface area contributed by atoms with Gasteiger partial charge in [0.05, 0.1) is 4.88 Å². The van der Waals surface area contributed by atoms with E-state index in [-0.39, 0.29) is 21.5 Å². The van der Waals surface area contributed by atoms with Crippen LogP contribution >= 0.6 is 22.9 Å². The first-order valence-corrected chi connectivity index (χ1v) is 9.53. The van der Waals surface area contributed by atoms with Crippen LogP contribution in [0.15, 0.2) is 48.5 Å². The molecular weight excluding hydrogens is 421 g/mol. The molecule has 0 spiro atoms. The first-order chi connectivity index (χ1) is 13.8. The van der Waals surface area contributed by atoms with Crippen molar-refractivity contribution in [3.63, 3.8) is 0 Å². The number of benzene rings is 2. The number of hydrogen-bond acceptors (Lipinski definition) is 5. The number of carboxylic acids is 2. The fourth-order valence-electron chi connectivity index (χ4n) is 2.56. The van der Waals surface area contributed by atoms with E-state index in [0.29, 0.717) is 17.0 Å². The number of carboxylic acid groups (broad SMARTS) is 2. The third-order valence-electron chi connectivity index (χ3n) is 3.88. The number of aromatic carboxylic acids is 1. The Hall–Kier alpha value is -3.10. The molecule has 2 aromatic carbocycles. The maximum absolute atomic E-state index is 13.0. The van der Waals surface area contributed by atoms with Gasteiger partial charge in [0.15, 0.2) is 17.2 Å². The summed E-state index contributed by atoms with van der Waals surface area (Å²) in [5.41, 5.74) is 2.29. The van der Waals surface area contributed by atoms with Crippen molar-refractivity contribution < 1.29 is 28.9 Å². The number of hydrogen-bond donors (Lipinski definition) is 3. The van der Waals surface area contributed by atoms with Gasteiger partial charge in [0, 0.05) is 12.2 Å². The number of ether oxygens (including phenoxy) is 1. The second-order valence-electron chi connectivity index (χ2n) is 5.95. The second-order valence-corrected chi connectivity index (χ2v) is 7.35. The van der Waals surface area contributed by atoms with Gasteiger partial charge < -0.3 is 20.3 Å². The Morgan fingerprint density at radius 3 is 2.52 bits per heavy atom. The van der Waals surface area contributed by atoms with Gasteiger partial charge in [-0.15, -0.1) is 11.3 Å². The van der Waals surface area contributed by atoms with E-state index >= 15 is 0 Å². The zero-order valence-corrected chi connectivity index (χ0v) is 16.4. The average Bonchev–Trinajstić information content (AvgIpc) is 3.03. The molecule has 0 saturated heterocycles. The molecule has 0 unspecified atom stereocenters. The van der Waals surface area contributed by atoms with Crippen LogP contribution in [0.2, 0.25) is 5.02 Å². The summed E-state index contributed by atoms with van der Waals surface area (Å²) in [6, 6.07) is 13.3. The lowest BCUT2D eigenvalue weighted by Gasteiger charge is -2.08. The predicted octanol–water partition coefficient (Wildman–Crippen LogP) is 4.98. The van der Waals surface area contributed by atoms with Crippen LogP contribution in [0.3, 0.4) is 0 Å². The van der Waals surface area contributed by atoms with Crippen LogP contribution in [0, 0.1) is 5.82 Å². The normalized spacial score (nSPS) is 10.6. The van der Waals surface area contributed by atoms with E-state index in [0.717, 1.165) is 22.6 Å². The first kappa shape index (κ1) is 20.6. The smallest absolute Gasteiger partial charge is 0.349 e. The Balaban J connectivity index is 1.85. The van der Waals surface area contributed by atoms with Crippen molar-refractivity contribution >= 4 is 40.6 Å². The molecule has 6 nitrogen and oxygen atoms in total. The molecule has 3 rings (SSSR count). The largest absolute Gasteiger partial charge is 0.479 e. The highest BCUT2D eigenvalue weighted by molar-refractivity contribution is 7.18. The van der Waals surface area contributed by atoms with E-state index in [9.17, 15) is 19.1 Å². The third-order valence-corrected chi connectivity index (χ3v) is 5.56. The Morgan fingerprint density at radius 2 is 1.86 bits per heavy atom. The molecule has 3 N–H and O–H groups in total. The Bertz CT molecular complexity index is 1050. The van der Waals surface area contributed by atoms with E-state index in [1.807, 2.05) is 6.07 Å². The van der Waals surface area contributed by atoms with Gasteiger partial charge in [-0.3, -0.25) is 0 Å². The summed E-state index contributed by atoms with van der Waals surface area (Å²) in [6.07, 6.45) is 0. The minimum atomic E-state index is -1.26. The predicted molar refractivity (Wildman–Crippen MR) is 109 cm³/mol. The third kappa shape index (κ3) is 5.04. The number of rotatable bonds is 8. The molecule has 0 bridgehead atoms. The monoisotopic (exact) mass is 435 g/mol. The van der Waals surface area contributed by atoms with Crippen LogP contribution in [-0.2, 0) is 11.3 Å². The van der Waals surface area contributed by atoms with Crippen molar-refractivity contribution in [2.75, 3.05) is 11.9 Å². The van der Waals surface area contributed by atoms with Gasteiger partial charge >= 0.3 is 11.9 Å². The molecule has 0 atom stereocenters. The topological polar surface area (TPSA) is 95.9 Å². The van der Waals surface area contributed by atoms with Crippen LogP contribution in [0.5, 0.6) is 5.75 Å². The first-order valence-electron chi connectivity index (χ1n) is 8.34. The molecule has 0 saturated carbocycles. The summed E-state index contributed by atoms with van der Waals surface area (Å²) in [7, 11) is 0. The summed E-state index contributed by atoms with van der Waals surface area (Å²) in [4.78, 5) is 22.5. The molecule has 0 aliphatic carbocycles. The van der Waals surface area contributed by atoms with Crippen molar-refractivity contribution in [2.24, 2.45) is 0 Å². The van der Waals surface area contributed by atoms with Gasteiger partial charge in [-0.05, 0) is 35.4 Å². The van der Waals surface area contributed by atoms with Gasteiger partial charge in [0.25, 0.3) is 0 Å². The lowest BCUT2D eigenvalue weighted by atomic mass is 10.1. The quantitative estimate of drug-likeness (QED) is 0.461. The fraction of sp³-hybridized carbons (Fsp3) is 0.100. The zero-order chi connectivity index (χ0) is 21.0. The molecule has 150 valence electrons. The molecule has 9 heteroatoms. The highest BCUT2D eigenvalue weighted by atomic mass is 35.5. The van der Waals surface area contributed by atoms with Crippen LogP contribution in [0.25, 0.3) is 10.4 Å². The van der Waals surface area contributed by atoms with Crippen LogP contribution < -0.4 is 10.1 Å². The fourth-order valence-corrected chi connectivity index (χ4v) is 3.96. The van der Waals surface area contributed by atoms with Crippen molar-refractivity contribution in [2.45, 2.75) is 6.54 Å². The molecule has 0 aliphatic heterocycles. The Kier molecular flexibility index (Phi) is 6.36. The number of halogens is 2. The van der Waals surface area contributed by atoms with E-state index < -0.39 is 18.5 Å². The van der Waals surface area contributed by atoms with Crippen molar-refractivity contribution in [1.29, 1.82) is 0 Å². The summed E-state index contributed by atoms with van der Waals surface area (Å²) in [5.74, 6) is -2.96. The number of nitrogens with one attached hydrogen (secondary N) is 1. The van der Waals surface area contributed by atoms with E-state index in [4.69, 9.17) is 21.4 Å². The Labute approximate surface area is 174 Å². The molecule has 0 aliphatic rings. The minimum absolute atomic E-state index is 0.0457. The maximum Gasteiger partial charge on any atom is 0.349 e. The second kappa shape index (κ2) is 8.93. The number of aliphatic carboxylic acids is 1. The lowest BCUT2D eigenvalue weighted by molar-refractivity contribution is -0.139. The average molecular weight is 436 g/mol. The van der Waals surface area contributed by atoms with Crippen LogP contribution in [0.1, 0.15) is 15.2 Å². The number of anilines is 1. The molecular formula is C20H15ClFNO5S. The van der Waals surface area contributed by atoms with Crippen molar-refractivity contribution in [3.05, 3.63) is 69.8 Å². The molecule has 29 heavy (non-hydrogen) atoms. The summed E-state index contributed by atoms with van der Waals surface area (Å²) in [6.45, 7) is -0.231. The van der Waals surface area contributed by atoms with Crippen molar-refractivity contribution in [3.8, 4) is 16.2 Å². The van der Waals surface area contributed by atoms with Crippen LogP contribution in [0.4, 0.5) is 10.1 Å². The van der Waals surface area contributed by atoms with Crippen LogP contribution in [-0.4, -0.2) is 28.8 Å². The van der Waals surface area contributed by atoms with Crippen molar-refractivity contribution in [1.82, 2.24) is 0 Å². The lowest BCUT2D eigenvalue weighted by Crippen LogP contribution is -2.10. The van der Waals surface area contributed by atoms with E-state index in [2.05, 4.69) is 5.32 Å². The van der Waals surface area contributed by atoms with Gasteiger partial charge in [-0.25, -0.2) is 14.0 Å². The highest BCUT2D eigenvalue weighted by Crippen LogP contribution is 2.45. The molecule has 3 aromatic rings.